The molecule has 0 saturated carbocycles. The van der Waals surface area contributed by atoms with E-state index in [0.717, 1.165) is 44.4 Å². The number of anilines is 1. The highest BCUT2D eigenvalue weighted by Crippen LogP contribution is 2.24. The van der Waals surface area contributed by atoms with Gasteiger partial charge in [0.05, 0.1) is 25.5 Å². The van der Waals surface area contributed by atoms with Crippen LogP contribution < -0.4 is 10.2 Å². The molecule has 22 heavy (non-hydrogen) atoms. The van der Waals surface area contributed by atoms with Crippen LogP contribution in [-0.4, -0.2) is 50.8 Å². The first-order valence-electron chi connectivity index (χ1n) is 7.55. The topological polar surface area (TPSA) is 73.0 Å². The molecule has 0 amide bonds. The second-order valence-electron chi connectivity index (χ2n) is 5.57. The fourth-order valence-corrected chi connectivity index (χ4v) is 2.83. The van der Waals surface area contributed by atoms with Gasteiger partial charge in [0.15, 0.2) is 0 Å². The maximum atomic E-state index is 5.45. The molecule has 0 spiro atoms. The molecule has 0 radical (unpaired) electrons. The molecule has 120 valence electrons. The van der Waals surface area contributed by atoms with Crippen molar-refractivity contribution < 1.29 is 4.74 Å². The van der Waals surface area contributed by atoms with Crippen molar-refractivity contribution in [1.82, 2.24) is 29.9 Å². The molecule has 0 aromatic carbocycles. The molecule has 1 aliphatic heterocycles. The van der Waals surface area contributed by atoms with E-state index in [1.165, 1.54) is 11.4 Å². The van der Waals surface area contributed by atoms with Crippen molar-refractivity contribution in [3.63, 3.8) is 0 Å². The molecule has 0 aliphatic carbocycles. The summed E-state index contributed by atoms with van der Waals surface area (Å²) in [6.45, 7) is 6.88. The lowest BCUT2D eigenvalue weighted by atomic mass is 10.2. The summed E-state index contributed by atoms with van der Waals surface area (Å²) in [5, 5.41) is 16.0. The third-order valence-corrected chi connectivity index (χ3v) is 4.01. The second-order valence-corrected chi connectivity index (χ2v) is 5.57. The summed E-state index contributed by atoms with van der Waals surface area (Å²) < 4.78 is 9.34. The fraction of sp³-hybridized carbons (Fsp3) is 0.643. The van der Waals surface area contributed by atoms with Crippen LogP contribution in [-0.2, 0) is 31.9 Å². The number of hydrogen-bond donors (Lipinski definition) is 1. The maximum Gasteiger partial charge on any atom is 0.146 e. The number of ether oxygens (including phenoxy) is 1. The summed E-state index contributed by atoms with van der Waals surface area (Å²) in [7, 11) is 3.95. The average Bonchev–Trinajstić information content (AvgIpc) is 3.04. The van der Waals surface area contributed by atoms with Gasteiger partial charge in [-0.15, -0.1) is 10.2 Å². The van der Waals surface area contributed by atoms with Crippen LogP contribution in [0.1, 0.15) is 17.1 Å². The summed E-state index contributed by atoms with van der Waals surface area (Å²) in [6.07, 6.45) is 1.71. The minimum atomic E-state index is 0.688. The van der Waals surface area contributed by atoms with E-state index in [1.807, 2.05) is 23.3 Å². The van der Waals surface area contributed by atoms with Gasteiger partial charge >= 0.3 is 0 Å². The summed E-state index contributed by atoms with van der Waals surface area (Å²) >= 11 is 0. The number of nitrogens with one attached hydrogen (secondary N) is 1. The highest BCUT2D eigenvalue weighted by Gasteiger charge is 2.21. The first-order valence-corrected chi connectivity index (χ1v) is 7.55. The fourth-order valence-electron chi connectivity index (χ4n) is 2.83. The average molecular weight is 305 g/mol. The standard InChI is InChI=1S/C14H23N7O/c1-11-12(8-15-9-13-17-16-10-19(13)2)14(20(3)18-11)21-4-6-22-7-5-21/h10,15H,4-9H2,1-3H3. The molecular weight excluding hydrogens is 282 g/mol. The van der Waals surface area contributed by atoms with E-state index in [1.54, 1.807) is 6.33 Å². The van der Waals surface area contributed by atoms with E-state index < -0.39 is 0 Å². The number of nitrogens with zero attached hydrogens (tertiary/aromatic N) is 6. The smallest absolute Gasteiger partial charge is 0.146 e. The predicted octanol–water partition coefficient (Wildman–Crippen LogP) is -0.0166. The minimum absolute atomic E-state index is 0.688. The quantitative estimate of drug-likeness (QED) is 0.837. The molecule has 2 aromatic rings. The molecule has 1 saturated heterocycles. The summed E-state index contributed by atoms with van der Waals surface area (Å²) in [5.74, 6) is 2.11. The lowest BCUT2D eigenvalue weighted by Gasteiger charge is -2.29. The first-order chi connectivity index (χ1) is 10.7. The summed E-state index contributed by atoms with van der Waals surface area (Å²) in [6, 6.07) is 0. The van der Waals surface area contributed by atoms with E-state index in [2.05, 4.69) is 32.4 Å². The zero-order valence-electron chi connectivity index (χ0n) is 13.4. The third kappa shape index (κ3) is 2.97. The Morgan fingerprint density at radius 1 is 1.23 bits per heavy atom. The first kappa shape index (κ1) is 15.0. The van der Waals surface area contributed by atoms with Gasteiger partial charge in [-0.05, 0) is 6.92 Å². The van der Waals surface area contributed by atoms with Gasteiger partial charge in [-0.25, -0.2) is 0 Å². The van der Waals surface area contributed by atoms with Crippen molar-refractivity contribution in [2.75, 3.05) is 31.2 Å². The third-order valence-electron chi connectivity index (χ3n) is 4.01. The summed E-state index contributed by atoms with van der Waals surface area (Å²) in [4.78, 5) is 2.35. The zero-order valence-corrected chi connectivity index (χ0v) is 13.4. The normalized spacial score (nSPS) is 15.5. The number of aromatic nitrogens is 5. The Balaban J connectivity index is 1.71. The lowest BCUT2D eigenvalue weighted by molar-refractivity contribution is 0.122. The largest absolute Gasteiger partial charge is 0.378 e. The molecular formula is C14H23N7O. The number of rotatable bonds is 5. The molecule has 0 unspecified atom stereocenters. The number of morpholine rings is 1. The van der Waals surface area contributed by atoms with Crippen molar-refractivity contribution in [3.8, 4) is 0 Å². The van der Waals surface area contributed by atoms with Crippen LogP contribution in [0.25, 0.3) is 0 Å². The van der Waals surface area contributed by atoms with Crippen LogP contribution in [0.2, 0.25) is 0 Å². The maximum absolute atomic E-state index is 5.45. The van der Waals surface area contributed by atoms with Crippen LogP contribution in [0.5, 0.6) is 0 Å². The van der Waals surface area contributed by atoms with Gasteiger partial charge in [0, 0.05) is 39.3 Å². The molecule has 1 fully saturated rings. The van der Waals surface area contributed by atoms with Crippen molar-refractivity contribution in [3.05, 3.63) is 23.4 Å². The van der Waals surface area contributed by atoms with E-state index in [-0.39, 0.29) is 0 Å². The molecule has 0 bridgehead atoms. The zero-order chi connectivity index (χ0) is 15.5. The van der Waals surface area contributed by atoms with Crippen molar-refractivity contribution in [2.24, 2.45) is 14.1 Å². The predicted molar refractivity (Wildman–Crippen MR) is 82.5 cm³/mol. The van der Waals surface area contributed by atoms with Crippen molar-refractivity contribution >= 4 is 5.82 Å². The van der Waals surface area contributed by atoms with Gasteiger partial charge < -0.3 is 19.5 Å². The highest BCUT2D eigenvalue weighted by atomic mass is 16.5. The van der Waals surface area contributed by atoms with Gasteiger partial charge in [-0.2, -0.15) is 5.10 Å². The molecule has 2 aromatic heterocycles. The number of aryl methyl sites for hydroxylation is 3. The van der Waals surface area contributed by atoms with Gasteiger partial charge in [-0.1, -0.05) is 0 Å². The lowest BCUT2D eigenvalue weighted by Crippen LogP contribution is -2.38. The van der Waals surface area contributed by atoms with E-state index in [4.69, 9.17) is 4.74 Å². The van der Waals surface area contributed by atoms with Crippen molar-refractivity contribution in [2.45, 2.75) is 20.0 Å². The van der Waals surface area contributed by atoms with Crippen LogP contribution in [0.4, 0.5) is 5.82 Å². The van der Waals surface area contributed by atoms with Gasteiger partial charge in [-0.3, -0.25) is 4.68 Å². The van der Waals surface area contributed by atoms with E-state index in [9.17, 15) is 0 Å². The van der Waals surface area contributed by atoms with Crippen LogP contribution >= 0.6 is 0 Å². The van der Waals surface area contributed by atoms with Crippen LogP contribution in [0.3, 0.4) is 0 Å². The molecule has 0 atom stereocenters. The Morgan fingerprint density at radius 2 is 2.00 bits per heavy atom. The van der Waals surface area contributed by atoms with E-state index in [0.29, 0.717) is 6.54 Å². The molecule has 8 heteroatoms. The molecule has 8 nitrogen and oxygen atoms in total. The Bertz CT molecular complexity index is 627. The van der Waals surface area contributed by atoms with Crippen LogP contribution in [0.15, 0.2) is 6.33 Å². The highest BCUT2D eigenvalue weighted by molar-refractivity contribution is 5.50. The molecule has 3 rings (SSSR count). The summed E-state index contributed by atoms with van der Waals surface area (Å²) in [5.41, 5.74) is 2.31. The minimum Gasteiger partial charge on any atom is -0.378 e. The monoisotopic (exact) mass is 305 g/mol. The Labute approximate surface area is 130 Å². The van der Waals surface area contributed by atoms with Gasteiger partial charge in [0.2, 0.25) is 0 Å². The van der Waals surface area contributed by atoms with Gasteiger partial charge in [0.1, 0.15) is 18.0 Å². The SMILES string of the molecule is Cc1nn(C)c(N2CCOCC2)c1CNCc1nncn1C. The molecule has 1 aliphatic rings. The van der Waals surface area contributed by atoms with Crippen molar-refractivity contribution in [1.29, 1.82) is 0 Å². The Morgan fingerprint density at radius 3 is 2.68 bits per heavy atom. The van der Waals surface area contributed by atoms with Gasteiger partial charge in [0.25, 0.3) is 0 Å². The Kier molecular flexibility index (Phi) is 4.39. The van der Waals surface area contributed by atoms with E-state index >= 15 is 0 Å². The second kappa shape index (κ2) is 6.45. The number of hydrogen-bond acceptors (Lipinski definition) is 6. The van der Waals surface area contributed by atoms with Crippen LogP contribution in [0, 0.1) is 6.92 Å². The molecule has 1 N–H and O–H groups in total. The molecule has 3 heterocycles. The Hall–Kier alpha value is -1.93.